The van der Waals surface area contributed by atoms with Gasteiger partial charge in [-0.1, -0.05) is 36.0 Å². The number of benzene rings is 2. The molecule has 5 nitrogen and oxygen atoms in total. The average Bonchev–Trinajstić information content (AvgIpc) is 2.62. The van der Waals surface area contributed by atoms with Crippen molar-refractivity contribution in [1.82, 2.24) is 4.90 Å². The average molecular weight is 397 g/mol. The van der Waals surface area contributed by atoms with Gasteiger partial charge in [0.05, 0.1) is 37.2 Å². The number of anilines is 2. The molecule has 0 spiro atoms. The van der Waals surface area contributed by atoms with Crippen LogP contribution >= 0.6 is 24.2 Å². The van der Waals surface area contributed by atoms with Crippen LogP contribution in [0.3, 0.4) is 0 Å². The van der Waals surface area contributed by atoms with E-state index in [1.165, 1.54) is 9.79 Å². The van der Waals surface area contributed by atoms with Gasteiger partial charge < -0.3 is 20.2 Å². The van der Waals surface area contributed by atoms with Crippen LogP contribution in [0.5, 0.6) is 0 Å². The second kappa shape index (κ2) is 10.2. The van der Waals surface area contributed by atoms with Gasteiger partial charge in [0.1, 0.15) is 0 Å². The van der Waals surface area contributed by atoms with E-state index in [1.54, 1.807) is 11.8 Å². The van der Waals surface area contributed by atoms with Crippen LogP contribution in [0.4, 0.5) is 11.4 Å². The van der Waals surface area contributed by atoms with Gasteiger partial charge in [0.15, 0.2) is 0 Å². The molecule has 2 aromatic carbocycles. The lowest BCUT2D eigenvalue weighted by molar-refractivity contribution is 0.0917. The molecule has 0 aromatic heterocycles. The van der Waals surface area contributed by atoms with Crippen molar-refractivity contribution in [2.24, 2.45) is 0 Å². The Morgan fingerprint density at radius 2 is 1.38 bits per heavy atom. The fourth-order valence-corrected chi connectivity index (χ4v) is 4.22. The highest BCUT2D eigenvalue weighted by Gasteiger charge is 2.25. The summed E-state index contributed by atoms with van der Waals surface area (Å²) in [6, 6.07) is 16.4. The van der Waals surface area contributed by atoms with E-state index in [2.05, 4.69) is 29.2 Å². The van der Waals surface area contributed by atoms with E-state index in [9.17, 15) is 5.11 Å². The van der Waals surface area contributed by atoms with Gasteiger partial charge in [-0.05, 0) is 24.3 Å². The Balaban J connectivity index is 0.00000243. The Labute approximate surface area is 164 Å². The molecule has 1 atom stereocenters. The third-order valence-corrected chi connectivity index (χ3v) is 5.36. The summed E-state index contributed by atoms with van der Waals surface area (Å²) in [5.41, 5.74) is 2.20. The zero-order valence-corrected chi connectivity index (χ0v) is 16.1. The summed E-state index contributed by atoms with van der Waals surface area (Å²) in [4.78, 5) is 6.38. The first-order valence-electron chi connectivity index (χ1n) is 8.48. The van der Waals surface area contributed by atoms with Crippen LogP contribution in [0.2, 0.25) is 0 Å². The molecule has 7 heteroatoms. The number of fused-ring (bicyclic) bond motifs is 2. The number of hydrogen-bond donors (Lipinski definition) is 3. The molecule has 1 aliphatic rings. The molecule has 2 aromatic rings. The second-order valence-electron chi connectivity index (χ2n) is 6.05. The minimum Gasteiger partial charge on any atom is -0.395 e. The SMILES string of the molecule is Cl.OCCN(CCO)CC(O)CN1c2ccccc2Sc2ccccc21. The predicted octanol–water partition coefficient (Wildman–Crippen LogP) is 2.36. The van der Waals surface area contributed by atoms with Gasteiger partial charge >= 0.3 is 0 Å². The third kappa shape index (κ3) is 4.91. The van der Waals surface area contributed by atoms with Crippen LogP contribution in [-0.2, 0) is 0 Å². The largest absolute Gasteiger partial charge is 0.395 e. The fourth-order valence-electron chi connectivity index (χ4n) is 3.12. The van der Waals surface area contributed by atoms with E-state index in [-0.39, 0.29) is 25.6 Å². The summed E-state index contributed by atoms with van der Waals surface area (Å²) >= 11 is 1.74. The lowest BCUT2D eigenvalue weighted by atomic mass is 10.2. The van der Waals surface area contributed by atoms with Crippen molar-refractivity contribution in [3.8, 4) is 0 Å². The van der Waals surface area contributed by atoms with Crippen molar-refractivity contribution in [2.75, 3.05) is 44.3 Å². The zero-order chi connectivity index (χ0) is 17.6. The second-order valence-corrected chi connectivity index (χ2v) is 7.13. The highest BCUT2D eigenvalue weighted by molar-refractivity contribution is 7.99. The summed E-state index contributed by atoms with van der Waals surface area (Å²) in [7, 11) is 0. The molecule has 26 heavy (non-hydrogen) atoms. The van der Waals surface area contributed by atoms with Gasteiger partial charge in [-0.15, -0.1) is 12.4 Å². The Morgan fingerprint density at radius 1 is 0.885 bits per heavy atom. The summed E-state index contributed by atoms with van der Waals surface area (Å²) in [5.74, 6) is 0. The van der Waals surface area contributed by atoms with Crippen molar-refractivity contribution in [1.29, 1.82) is 0 Å². The van der Waals surface area contributed by atoms with E-state index in [1.807, 2.05) is 29.2 Å². The van der Waals surface area contributed by atoms with Gasteiger partial charge in [0.25, 0.3) is 0 Å². The van der Waals surface area contributed by atoms with E-state index in [0.29, 0.717) is 26.2 Å². The van der Waals surface area contributed by atoms with E-state index >= 15 is 0 Å². The first kappa shape index (κ1) is 21.0. The Morgan fingerprint density at radius 3 is 1.88 bits per heavy atom. The number of rotatable bonds is 8. The molecular formula is C19H25ClN2O3S. The van der Waals surface area contributed by atoms with Crippen LogP contribution < -0.4 is 4.90 Å². The van der Waals surface area contributed by atoms with Gasteiger partial charge in [0, 0.05) is 29.4 Å². The van der Waals surface area contributed by atoms with Crippen LogP contribution in [0.15, 0.2) is 58.3 Å². The number of aliphatic hydroxyl groups excluding tert-OH is 3. The zero-order valence-electron chi connectivity index (χ0n) is 14.5. The van der Waals surface area contributed by atoms with Crippen LogP contribution in [0.25, 0.3) is 0 Å². The molecule has 0 radical (unpaired) electrons. The van der Waals surface area contributed by atoms with E-state index in [0.717, 1.165) is 11.4 Å². The molecule has 0 saturated heterocycles. The molecule has 0 bridgehead atoms. The van der Waals surface area contributed by atoms with Gasteiger partial charge in [-0.2, -0.15) is 0 Å². The highest BCUT2D eigenvalue weighted by Crippen LogP contribution is 2.47. The van der Waals surface area contributed by atoms with Crippen molar-refractivity contribution >= 4 is 35.5 Å². The summed E-state index contributed by atoms with van der Waals surface area (Å²) in [6.45, 7) is 1.79. The molecule has 0 fully saturated rings. The molecular weight excluding hydrogens is 372 g/mol. The molecule has 3 N–H and O–H groups in total. The smallest absolute Gasteiger partial charge is 0.0846 e. The van der Waals surface area contributed by atoms with E-state index < -0.39 is 6.10 Å². The van der Waals surface area contributed by atoms with Gasteiger partial charge in [-0.3, -0.25) is 4.90 Å². The number of halogens is 1. The minimum atomic E-state index is -0.595. The standard InChI is InChI=1S/C19H24N2O3S.ClH/c22-11-9-20(10-12-23)13-15(24)14-21-16-5-1-3-7-18(16)25-19-8-4-2-6-17(19)21;/h1-8,15,22-24H,9-14H2;1H. The molecule has 0 amide bonds. The fraction of sp³-hybridized carbons (Fsp3) is 0.368. The van der Waals surface area contributed by atoms with Crippen LogP contribution in [0, 0.1) is 0 Å². The minimum absolute atomic E-state index is 0. The quantitative estimate of drug-likeness (QED) is 0.636. The number of aliphatic hydroxyl groups is 3. The van der Waals surface area contributed by atoms with Crippen LogP contribution in [-0.4, -0.2) is 65.7 Å². The van der Waals surface area contributed by atoms with E-state index in [4.69, 9.17) is 10.2 Å². The normalized spacial score (nSPS) is 13.8. The molecule has 142 valence electrons. The molecule has 0 aliphatic carbocycles. The summed E-state index contributed by atoms with van der Waals surface area (Å²) in [6.07, 6.45) is -0.595. The number of β-amino-alcohol motifs (C(OH)–C–C–N with tert-alkyl or cyclic N) is 1. The number of para-hydroxylation sites is 2. The third-order valence-electron chi connectivity index (χ3n) is 4.23. The van der Waals surface area contributed by atoms with Crippen molar-refractivity contribution in [3.63, 3.8) is 0 Å². The maximum absolute atomic E-state index is 10.6. The van der Waals surface area contributed by atoms with Crippen molar-refractivity contribution in [2.45, 2.75) is 15.9 Å². The molecule has 1 heterocycles. The molecule has 1 aliphatic heterocycles. The first-order chi connectivity index (χ1) is 12.2. The Kier molecular flexibility index (Phi) is 8.21. The topological polar surface area (TPSA) is 67.2 Å². The molecule has 3 rings (SSSR count). The monoisotopic (exact) mass is 396 g/mol. The Hall–Kier alpha value is -1.28. The Bertz CT molecular complexity index is 652. The van der Waals surface area contributed by atoms with Gasteiger partial charge in [0.2, 0.25) is 0 Å². The number of nitrogens with zero attached hydrogens (tertiary/aromatic N) is 2. The first-order valence-corrected chi connectivity index (χ1v) is 9.30. The lowest BCUT2D eigenvalue weighted by Gasteiger charge is -2.35. The number of hydrogen-bond acceptors (Lipinski definition) is 6. The summed E-state index contributed by atoms with van der Waals surface area (Å²) < 4.78 is 0. The lowest BCUT2D eigenvalue weighted by Crippen LogP contribution is -2.41. The summed E-state index contributed by atoms with van der Waals surface area (Å²) in [5, 5.41) is 28.9. The highest BCUT2D eigenvalue weighted by atomic mass is 35.5. The predicted molar refractivity (Wildman–Crippen MR) is 108 cm³/mol. The van der Waals surface area contributed by atoms with Crippen LogP contribution in [0.1, 0.15) is 0 Å². The van der Waals surface area contributed by atoms with Crippen molar-refractivity contribution < 1.29 is 15.3 Å². The maximum Gasteiger partial charge on any atom is 0.0846 e. The van der Waals surface area contributed by atoms with Crippen molar-refractivity contribution in [3.05, 3.63) is 48.5 Å². The maximum atomic E-state index is 10.6. The molecule has 0 saturated carbocycles. The molecule has 1 unspecified atom stereocenters. The van der Waals surface area contributed by atoms with Gasteiger partial charge in [-0.25, -0.2) is 0 Å².